The smallest absolute Gasteiger partial charge is 0.248 e. The molecule has 2 atom stereocenters. The second kappa shape index (κ2) is 7.59. The van der Waals surface area contributed by atoms with Gasteiger partial charge >= 0.3 is 0 Å². The van der Waals surface area contributed by atoms with Crippen molar-refractivity contribution in [3.05, 3.63) is 29.8 Å². The number of aliphatic imine (C=N–C) groups is 1. The number of carbonyl (C=O) groups excluding carboxylic acids is 1. The molecule has 0 spiro atoms. The van der Waals surface area contributed by atoms with E-state index in [0.717, 1.165) is 17.7 Å². The van der Waals surface area contributed by atoms with Crippen molar-refractivity contribution in [2.75, 3.05) is 16.4 Å². The third-order valence-electron chi connectivity index (χ3n) is 5.84. The molecule has 3 fully saturated rings. The minimum Gasteiger partial charge on any atom is -0.316 e. The minimum absolute atomic E-state index is 0.0438. The number of nitrogens with zero attached hydrogens (tertiary/aromatic N) is 2. The first-order valence-corrected chi connectivity index (χ1v) is 12.5. The van der Waals surface area contributed by atoms with E-state index >= 15 is 0 Å². The summed E-state index contributed by atoms with van der Waals surface area (Å²) < 4.78 is 24.2. The van der Waals surface area contributed by atoms with Crippen LogP contribution in [0.15, 0.2) is 29.3 Å². The standard InChI is InChI=1S/C20H26N2O3S2/c1-14-6-9-16(10-7-14)22-17-12-27(24,25)13-18(17)26-20(22)21-19(23)11-8-15-4-2-3-5-15/h6-7,9-10,15,17-18H,2-5,8,11-13H2,1H3. The summed E-state index contributed by atoms with van der Waals surface area (Å²) in [5, 5.41) is 0.623. The number of carbonyl (C=O) groups is 1. The number of aryl methyl sites for hydroxylation is 1. The maximum atomic E-state index is 12.5. The van der Waals surface area contributed by atoms with Crippen LogP contribution in [0.5, 0.6) is 0 Å². The fourth-order valence-corrected chi connectivity index (χ4v) is 8.29. The molecular weight excluding hydrogens is 380 g/mol. The average molecular weight is 407 g/mol. The summed E-state index contributed by atoms with van der Waals surface area (Å²) in [5.74, 6) is 0.890. The highest BCUT2D eigenvalue weighted by Crippen LogP contribution is 2.41. The number of anilines is 1. The molecule has 1 aliphatic carbocycles. The second-order valence-corrected chi connectivity index (χ2v) is 11.3. The zero-order chi connectivity index (χ0) is 19.0. The SMILES string of the molecule is Cc1ccc(N2C(=NC(=O)CCC3CCCC3)SC3CS(=O)(=O)CC32)cc1. The first-order valence-electron chi connectivity index (χ1n) is 9.76. The van der Waals surface area contributed by atoms with Gasteiger partial charge in [0.25, 0.3) is 0 Å². The Kier molecular flexibility index (Phi) is 5.34. The van der Waals surface area contributed by atoms with Crippen molar-refractivity contribution in [1.29, 1.82) is 0 Å². The van der Waals surface area contributed by atoms with Gasteiger partial charge in [0, 0.05) is 17.4 Å². The van der Waals surface area contributed by atoms with Gasteiger partial charge in [-0.05, 0) is 31.4 Å². The lowest BCUT2D eigenvalue weighted by Gasteiger charge is -2.24. The first-order chi connectivity index (χ1) is 12.9. The van der Waals surface area contributed by atoms with Gasteiger partial charge in [0.2, 0.25) is 5.91 Å². The number of hydrogen-bond acceptors (Lipinski definition) is 4. The molecule has 4 rings (SSSR count). The Hall–Kier alpha value is -1.34. The summed E-state index contributed by atoms with van der Waals surface area (Å²) in [6, 6.07) is 7.86. The first kappa shape index (κ1) is 19.0. The molecule has 3 aliphatic rings. The van der Waals surface area contributed by atoms with Crippen molar-refractivity contribution in [3.63, 3.8) is 0 Å². The third kappa shape index (κ3) is 4.24. The molecule has 0 N–H and O–H groups in total. The number of rotatable bonds is 4. The van der Waals surface area contributed by atoms with Crippen LogP contribution in [-0.4, -0.2) is 42.3 Å². The van der Waals surface area contributed by atoms with E-state index < -0.39 is 9.84 Å². The molecule has 0 radical (unpaired) electrons. The molecular formula is C20H26N2O3S2. The van der Waals surface area contributed by atoms with E-state index in [4.69, 9.17) is 0 Å². The molecule has 1 aromatic carbocycles. The topological polar surface area (TPSA) is 66.8 Å². The maximum absolute atomic E-state index is 12.5. The van der Waals surface area contributed by atoms with Gasteiger partial charge in [-0.2, -0.15) is 4.99 Å². The molecule has 1 saturated carbocycles. The molecule has 2 unspecified atom stereocenters. The number of sulfone groups is 1. The predicted molar refractivity (Wildman–Crippen MR) is 111 cm³/mol. The van der Waals surface area contributed by atoms with Crippen LogP contribution in [0.25, 0.3) is 0 Å². The molecule has 2 aliphatic heterocycles. The summed E-state index contributed by atoms with van der Waals surface area (Å²) in [4.78, 5) is 18.9. The Balaban J connectivity index is 1.54. The lowest BCUT2D eigenvalue weighted by atomic mass is 10.0. The number of amidine groups is 1. The van der Waals surface area contributed by atoms with E-state index in [1.165, 1.54) is 37.4 Å². The molecule has 5 nitrogen and oxygen atoms in total. The average Bonchev–Trinajstić information content (AvgIpc) is 3.29. The van der Waals surface area contributed by atoms with E-state index in [2.05, 4.69) is 4.99 Å². The number of hydrogen-bond donors (Lipinski definition) is 0. The summed E-state index contributed by atoms with van der Waals surface area (Å²) in [5.41, 5.74) is 2.06. The Bertz CT molecular complexity index is 842. The normalized spacial score (nSPS) is 28.8. The van der Waals surface area contributed by atoms with E-state index in [1.807, 2.05) is 36.1 Å². The number of amides is 1. The monoisotopic (exact) mass is 406 g/mol. The van der Waals surface area contributed by atoms with Crippen molar-refractivity contribution in [2.24, 2.45) is 10.9 Å². The van der Waals surface area contributed by atoms with Crippen molar-refractivity contribution in [2.45, 2.75) is 56.7 Å². The Morgan fingerprint density at radius 1 is 1.19 bits per heavy atom. The van der Waals surface area contributed by atoms with Crippen molar-refractivity contribution in [1.82, 2.24) is 0 Å². The lowest BCUT2D eigenvalue weighted by Crippen LogP contribution is -2.37. The lowest BCUT2D eigenvalue weighted by molar-refractivity contribution is -0.118. The minimum atomic E-state index is -3.03. The van der Waals surface area contributed by atoms with Gasteiger partial charge in [0.1, 0.15) is 0 Å². The second-order valence-electron chi connectivity index (χ2n) is 7.98. The van der Waals surface area contributed by atoms with Gasteiger partial charge < -0.3 is 4.90 Å². The fraction of sp³-hybridized carbons (Fsp3) is 0.600. The molecule has 1 amide bonds. The van der Waals surface area contributed by atoms with Crippen molar-refractivity contribution >= 4 is 38.4 Å². The fourth-order valence-electron chi connectivity index (χ4n) is 4.36. The molecule has 146 valence electrons. The van der Waals surface area contributed by atoms with Crippen LogP contribution in [0.4, 0.5) is 5.69 Å². The summed E-state index contributed by atoms with van der Waals surface area (Å²) in [6.45, 7) is 2.02. The van der Waals surface area contributed by atoms with Gasteiger partial charge in [0.15, 0.2) is 15.0 Å². The Morgan fingerprint density at radius 3 is 2.59 bits per heavy atom. The molecule has 7 heteroatoms. The van der Waals surface area contributed by atoms with E-state index in [9.17, 15) is 13.2 Å². The largest absolute Gasteiger partial charge is 0.316 e. The van der Waals surface area contributed by atoms with Crippen LogP contribution in [0.2, 0.25) is 0 Å². The predicted octanol–water partition coefficient (Wildman–Crippen LogP) is 3.57. The van der Waals surface area contributed by atoms with Gasteiger partial charge in [-0.3, -0.25) is 4.79 Å². The number of fused-ring (bicyclic) bond motifs is 1. The zero-order valence-electron chi connectivity index (χ0n) is 15.6. The number of thioether (sulfide) groups is 1. The summed E-state index contributed by atoms with van der Waals surface area (Å²) in [6.07, 6.45) is 6.44. The van der Waals surface area contributed by atoms with Crippen LogP contribution in [0.3, 0.4) is 0 Å². The molecule has 2 heterocycles. The Labute approximate surface area is 165 Å². The quantitative estimate of drug-likeness (QED) is 0.765. The van der Waals surface area contributed by atoms with E-state index in [0.29, 0.717) is 17.5 Å². The van der Waals surface area contributed by atoms with Crippen LogP contribution in [0, 0.1) is 12.8 Å². The number of benzene rings is 1. The van der Waals surface area contributed by atoms with Crippen LogP contribution >= 0.6 is 11.8 Å². The third-order valence-corrected chi connectivity index (χ3v) is 9.05. The maximum Gasteiger partial charge on any atom is 0.248 e. The van der Waals surface area contributed by atoms with Gasteiger partial charge in [0.05, 0.1) is 17.5 Å². The highest BCUT2D eigenvalue weighted by atomic mass is 32.2. The van der Waals surface area contributed by atoms with Crippen LogP contribution in [-0.2, 0) is 14.6 Å². The van der Waals surface area contributed by atoms with E-state index in [-0.39, 0.29) is 28.7 Å². The highest BCUT2D eigenvalue weighted by molar-refractivity contribution is 8.16. The van der Waals surface area contributed by atoms with Crippen molar-refractivity contribution in [3.8, 4) is 0 Å². The van der Waals surface area contributed by atoms with Gasteiger partial charge in [-0.1, -0.05) is 55.1 Å². The zero-order valence-corrected chi connectivity index (χ0v) is 17.3. The van der Waals surface area contributed by atoms with Crippen LogP contribution < -0.4 is 4.90 Å². The molecule has 2 saturated heterocycles. The van der Waals surface area contributed by atoms with Gasteiger partial charge in [-0.25, -0.2) is 8.42 Å². The molecule has 0 bridgehead atoms. The Morgan fingerprint density at radius 2 is 1.89 bits per heavy atom. The van der Waals surface area contributed by atoms with Crippen LogP contribution in [0.1, 0.15) is 44.1 Å². The van der Waals surface area contributed by atoms with Crippen molar-refractivity contribution < 1.29 is 13.2 Å². The summed E-state index contributed by atoms with van der Waals surface area (Å²) >= 11 is 1.45. The molecule has 1 aromatic rings. The highest BCUT2D eigenvalue weighted by Gasteiger charge is 2.49. The van der Waals surface area contributed by atoms with E-state index in [1.54, 1.807) is 0 Å². The molecule has 27 heavy (non-hydrogen) atoms. The molecule has 0 aromatic heterocycles. The summed E-state index contributed by atoms with van der Waals surface area (Å²) in [7, 11) is -3.03. The van der Waals surface area contributed by atoms with Gasteiger partial charge in [-0.15, -0.1) is 0 Å².